The smallest absolute Gasteiger partial charge is 0.311 e. The normalized spacial score (nSPS) is 13.4. The Bertz CT molecular complexity index is 610. The Labute approximate surface area is 91.4 Å². The van der Waals surface area contributed by atoms with Gasteiger partial charge >= 0.3 is 5.97 Å². The average Bonchev–Trinajstić information content (AvgIpc) is 2.62. The number of benzene rings is 1. The van der Waals surface area contributed by atoms with Crippen molar-refractivity contribution in [3.05, 3.63) is 36.2 Å². The van der Waals surface area contributed by atoms with Gasteiger partial charge in [0, 0.05) is 17.8 Å². The topological polar surface area (TPSA) is 51.5 Å². The van der Waals surface area contributed by atoms with Gasteiger partial charge in [0.15, 0.2) is 5.75 Å². The third kappa shape index (κ3) is 1.27. The highest BCUT2D eigenvalue weighted by Gasteiger charge is 2.16. The molecule has 1 N–H and O–H groups in total. The fourth-order valence-corrected chi connectivity index (χ4v) is 1.93. The van der Waals surface area contributed by atoms with Crippen molar-refractivity contribution in [2.75, 3.05) is 0 Å². The lowest BCUT2D eigenvalue weighted by Gasteiger charge is -2.16. The summed E-state index contributed by atoms with van der Waals surface area (Å²) in [6.45, 7) is 0. The van der Waals surface area contributed by atoms with Crippen LogP contribution in [0.1, 0.15) is 6.42 Å². The Morgan fingerprint density at radius 3 is 3.06 bits per heavy atom. The van der Waals surface area contributed by atoms with Crippen LogP contribution in [0.4, 0.5) is 0 Å². The summed E-state index contributed by atoms with van der Waals surface area (Å²) < 4.78 is 7.43. The molecule has 0 radical (unpaired) electrons. The number of ether oxygens (including phenoxy) is 1. The molecule has 0 spiro atoms. The van der Waals surface area contributed by atoms with Crippen LogP contribution >= 0.6 is 0 Å². The SMILES string of the molecule is O=C(O)CC1=Cn2ccc3cccc(c32)O1. The maximum atomic E-state index is 10.6. The number of aliphatic carboxylic acids is 1. The van der Waals surface area contributed by atoms with Crippen LogP contribution in [0.25, 0.3) is 17.1 Å². The van der Waals surface area contributed by atoms with Gasteiger partial charge in [-0.2, -0.15) is 0 Å². The van der Waals surface area contributed by atoms with E-state index in [9.17, 15) is 4.79 Å². The van der Waals surface area contributed by atoms with Gasteiger partial charge in [0.2, 0.25) is 0 Å². The van der Waals surface area contributed by atoms with Crippen molar-refractivity contribution < 1.29 is 14.6 Å². The van der Waals surface area contributed by atoms with E-state index in [1.807, 2.05) is 35.0 Å². The fourth-order valence-electron chi connectivity index (χ4n) is 1.93. The third-order valence-corrected chi connectivity index (χ3v) is 2.55. The van der Waals surface area contributed by atoms with E-state index < -0.39 is 5.97 Å². The number of carboxylic acids is 1. The molecule has 2 aromatic rings. The maximum Gasteiger partial charge on any atom is 0.311 e. The summed E-state index contributed by atoms with van der Waals surface area (Å²) in [6.07, 6.45) is 3.51. The van der Waals surface area contributed by atoms with Crippen LogP contribution < -0.4 is 4.74 Å². The first-order chi connectivity index (χ1) is 7.74. The highest BCUT2D eigenvalue weighted by molar-refractivity contribution is 5.89. The Balaban J connectivity index is 2.14. The molecule has 0 saturated carbocycles. The summed E-state index contributed by atoms with van der Waals surface area (Å²) >= 11 is 0. The van der Waals surface area contributed by atoms with Crippen LogP contribution in [0.5, 0.6) is 5.75 Å². The summed E-state index contributed by atoms with van der Waals surface area (Å²) in [6, 6.07) is 7.70. The third-order valence-electron chi connectivity index (χ3n) is 2.55. The van der Waals surface area contributed by atoms with Gasteiger partial charge in [-0.25, -0.2) is 0 Å². The average molecular weight is 215 g/mol. The monoisotopic (exact) mass is 215 g/mol. The zero-order valence-corrected chi connectivity index (χ0v) is 8.38. The van der Waals surface area contributed by atoms with E-state index in [2.05, 4.69) is 0 Å². The van der Waals surface area contributed by atoms with Gasteiger partial charge in [0.25, 0.3) is 0 Å². The molecule has 1 aliphatic heterocycles. The summed E-state index contributed by atoms with van der Waals surface area (Å²) in [5.41, 5.74) is 0.983. The number of aromatic nitrogens is 1. The maximum absolute atomic E-state index is 10.6. The van der Waals surface area contributed by atoms with Gasteiger partial charge in [-0.05, 0) is 12.1 Å². The summed E-state index contributed by atoms with van der Waals surface area (Å²) in [7, 11) is 0. The van der Waals surface area contributed by atoms with Crippen LogP contribution in [0.3, 0.4) is 0 Å². The highest BCUT2D eigenvalue weighted by atomic mass is 16.5. The highest BCUT2D eigenvalue weighted by Crippen LogP contribution is 2.32. The number of rotatable bonds is 2. The quantitative estimate of drug-likeness (QED) is 0.836. The molecule has 0 fully saturated rings. The largest absolute Gasteiger partial charge is 0.481 e. The van der Waals surface area contributed by atoms with Crippen molar-refractivity contribution in [3.63, 3.8) is 0 Å². The van der Waals surface area contributed by atoms with Crippen LogP contribution in [-0.4, -0.2) is 15.6 Å². The van der Waals surface area contributed by atoms with Crippen LogP contribution in [0.15, 0.2) is 36.2 Å². The molecule has 2 heterocycles. The fraction of sp³-hybridized carbons (Fsp3) is 0.0833. The number of nitrogens with zero attached hydrogens (tertiary/aromatic N) is 1. The minimum atomic E-state index is -0.894. The van der Waals surface area contributed by atoms with E-state index in [4.69, 9.17) is 9.84 Å². The van der Waals surface area contributed by atoms with E-state index in [0.717, 1.165) is 10.9 Å². The second-order valence-corrected chi connectivity index (χ2v) is 3.68. The number of para-hydroxylation sites is 1. The zero-order chi connectivity index (χ0) is 11.1. The molecular formula is C12H9NO3. The van der Waals surface area contributed by atoms with E-state index in [-0.39, 0.29) is 6.42 Å². The molecule has 0 unspecified atom stereocenters. The molecule has 0 aliphatic carbocycles. The van der Waals surface area contributed by atoms with Gasteiger partial charge in [-0.1, -0.05) is 12.1 Å². The van der Waals surface area contributed by atoms with Gasteiger partial charge < -0.3 is 14.4 Å². The lowest BCUT2D eigenvalue weighted by Crippen LogP contribution is -2.08. The Morgan fingerprint density at radius 1 is 1.38 bits per heavy atom. The lowest BCUT2D eigenvalue weighted by atomic mass is 10.2. The van der Waals surface area contributed by atoms with Crippen molar-refractivity contribution in [2.24, 2.45) is 0 Å². The molecule has 0 bridgehead atoms. The second-order valence-electron chi connectivity index (χ2n) is 3.68. The zero-order valence-electron chi connectivity index (χ0n) is 8.38. The standard InChI is InChI=1S/C12H9NO3/c14-11(15)6-9-7-13-5-4-8-2-1-3-10(16-9)12(8)13/h1-5,7H,6H2,(H,14,15). The van der Waals surface area contributed by atoms with Crippen LogP contribution in [-0.2, 0) is 4.79 Å². The van der Waals surface area contributed by atoms with E-state index in [1.54, 1.807) is 6.20 Å². The summed E-state index contributed by atoms with van der Waals surface area (Å²) in [5.74, 6) is 0.263. The van der Waals surface area contributed by atoms with Crippen molar-refractivity contribution in [2.45, 2.75) is 6.42 Å². The molecule has 0 saturated heterocycles. The minimum absolute atomic E-state index is 0.103. The number of hydrogen-bond donors (Lipinski definition) is 1. The number of carbonyl (C=O) groups is 1. The first kappa shape index (κ1) is 9.03. The molecular weight excluding hydrogens is 206 g/mol. The first-order valence-corrected chi connectivity index (χ1v) is 4.94. The van der Waals surface area contributed by atoms with Crippen molar-refractivity contribution in [1.82, 2.24) is 4.57 Å². The number of hydrogen-bond acceptors (Lipinski definition) is 2. The predicted molar refractivity (Wildman–Crippen MR) is 59.1 cm³/mol. The molecule has 4 heteroatoms. The molecule has 3 rings (SSSR count). The Kier molecular flexibility index (Phi) is 1.77. The first-order valence-electron chi connectivity index (χ1n) is 4.94. The van der Waals surface area contributed by atoms with Gasteiger partial charge in [-0.15, -0.1) is 0 Å². The summed E-state index contributed by atoms with van der Waals surface area (Å²) in [5, 5.41) is 9.81. The van der Waals surface area contributed by atoms with Gasteiger partial charge in [0.1, 0.15) is 12.2 Å². The summed E-state index contributed by atoms with van der Waals surface area (Å²) in [4.78, 5) is 10.6. The lowest BCUT2D eigenvalue weighted by molar-refractivity contribution is -0.136. The molecule has 1 aliphatic rings. The molecule has 4 nitrogen and oxygen atoms in total. The van der Waals surface area contributed by atoms with E-state index in [0.29, 0.717) is 11.5 Å². The molecule has 1 aromatic carbocycles. The van der Waals surface area contributed by atoms with Crippen LogP contribution in [0.2, 0.25) is 0 Å². The predicted octanol–water partition coefficient (Wildman–Crippen LogP) is 2.31. The van der Waals surface area contributed by atoms with Crippen LogP contribution in [0, 0.1) is 0 Å². The minimum Gasteiger partial charge on any atom is -0.481 e. The van der Waals surface area contributed by atoms with Crippen molar-refractivity contribution in [3.8, 4) is 5.75 Å². The van der Waals surface area contributed by atoms with Crippen molar-refractivity contribution in [1.29, 1.82) is 0 Å². The Hall–Kier alpha value is -2.23. The van der Waals surface area contributed by atoms with Crippen molar-refractivity contribution >= 4 is 23.1 Å². The molecule has 1 aromatic heterocycles. The Morgan fingerprint density at radius 2 is 2.25 bits per heavy atom. The van der Waals surface area contributed by atoms with Gasteiger partial charge in [0.05, 0.1) is 5.52 Å². The second kappa shape index (κ2) is 3.13. The van der Waals surface area contributed by atoms with E-state index in [1.165, 1.54) is 0 Å². The van der Waals surface area contributed by atoms with Gasteiger partial charge in [-0.3, -0.25) is 4.79 Å². The molecule has 80 valence electrons. The van der Waals surface area contributed by atoms with E-state index >= 15 is 0 Å². The molecule has 0 amide bonds. The molecule has 0 atom stereocenters. The molecule has 16 heavy (non-hydrogen) atoms. The number of carboxylic acid groups (broad SMARTS) is 1.